The van der Waals surface area contributed by atoms with Crippen LogP contribution in [0.2, 0.25) is 0 Å². The highest BCUT2D eigenvalue weighted by atomic mass is 16.3. The average Bonchev–Trinajstić information content (AvgIpc) is 3.20. The molecule has 1 unspecified atom stereocenters. The molecule has 0 aromatic rings. The summed E-state index contributed by atoms with van der Waals surface area (Å²) in [5, 5.41) is 13.7. The third-order valence-corrected chi connectivity index (χ3v) is 4.48. The monoisotopic (exact) mass is 268 g/mol. The molecule has 2 fully saturated rings. The predicted octanol–water partition coefficient (Wildman–Crippen LogP) is 2.25. The van der Waals surface area contributed by atoms with E-state index in [0.717, 1.165) is 12.5 Å². The molecule has 3 heteroatoms. The van der Waals surface area contributed by atoms with Crippen molar-refractivity contribution in [1.29, 1.82) is 0 Å². The summed E-state index contributed by atoms with van der Waals surface area (Å²) in [7, 11) is 0. The first-order valence-corrected chi connectivity index (χ1v) is 8.20. The van der Waals surface area contributed by atoms with Gasteiger partial charge in [0.25, 0.3) is 0 Å². The molecule has 2 aliphatic carbocycles. The zero-order valence-electron chi connectivity index (χ0n) is 13.0. The van der Waals surface area contributed by atoms with Gasteiger partial charge in [-0.25, -0.2) is 0 Å². The van der Waals surface area contributed by atoms with Gasteiger partial charge in [0.05, 0.1) is 12.1 Å². The zero-order chi connectivity index (χ0) is 13.9. The van der Waals surface area contributed by atoms with Gasteiger partial charge in [-0.05, 0) is 50.5 Å². The molecule has 0 aliphatic heterocycles. The molecular weight excluding hydrogens is 236 g/mol. The van der Waals surface area contributed by atoms with Crippen LogP contribution in [0.3, 0.4) is 0 Å². The second-order valence-corrected chi connectivity index (χ2v) is 7.07. The lowest BCUT2D eigenvalue weighted by Crippen LogP contribution is -2.60. The summed E-state index contributed by atoms with van der Waals surface area (Å²) in [5.74, 6) is 1.61. The number of nitrogens with zero attached hydrogens (tertiary/aromatic N) is 1. The molecule has 2 saturated carbocycles. The van der Waals surface area contributed by atoms with E-state index >= 15 is 0 Å². The van der Waals surface area contributed by atoms with Gasteiger partial charge in [0, 0.05) is 19.1 Å². The molecule has 0 amide bonds. The Labute approximate surface area is 118 Å². The van der Waals surface area contributed by atoms with Crippen molar-refractivity contribution in [2.24, 2.45) is 11.8 Å². The quantitative estimate of drug-likeness (QED) is 0.638. The first-order valence-electron chi connectivity index (χ1n) is 8.20. The lowest BCUT2D eigenvalue weighted by molar-refractivity contribution is 0.0813. The SMILES string of the molecule is CCCN(CC1CC1)CC(CO)(NC(C)C)C1CC1. The minimum absolute atomic E-state index is 0.0573. The van der Waals surface area contributed by atoms with Gasteiger partial charge in [-0.1, -0.05) is 20.8 Å². The number of nitrogens with one attached hydrogen (secondary N) is 1. The third kappa shape index (κ3) is 4.44. The Morgan fingerprint density at radius 2 is 1.95 bits per heavy atom. The molecule has 2 aliphatic rings. The van der Waals surface area contributed by atoms with Gasteiger partial charge in [-0.3, -0.25) is 0 Å². The highest BCUT2D eigenvalue weighted by molar-refractivity contribution is 5.03. The minimum atomic E-state index is -0.0573. The van der Waals surface area contributed by atoms with E-state index in [0.29, 0.717) is 12.0 Å². The number of hydrogen-bond acceptors (Lipinski definition) is 3. The van der Waals surface area contributed by atoms with E-state index in [9.17, 15) is 5.11 Å². The summed E-state index contributed by atoms with van der Waals surface area (Å²) in [6.45, 7) is 10.4. The largest absolute Gasteiger partial charge is 0.394 e. The maximum Gasteiger partial charge on any atom is 0.0628 e. The standard InChI is InChI=1S/C16H32N2O/c1-4-9-18(10-14-5-6-14)11-16(12-19,15-7-8-15)17-13(2)3/h13-15,17,19H,4-12H2,1-3H3. The highest BCUT2D eigenvalue weighted by Gasteiger charge is 2.46. The van der Waals surface area contributed by atoms with Crippen molar-refractivity contribution in [2.45, 2.75) is 64.5 Å². The molecule has 3 nitrogen and oxygen atoms in total. The summed E-state index contributed by atoms with van der Waals surface area (Å²) >= 11 is 0. The van der Waals surface area contributed by atoms with E-state index in [1.165, 1.54) is 45.2 Å². The van der Waals surface area contributed by atoms with Crippen molar-refractivity contribution in [2.75, 3.05) is 26.2 Å². The summed E-state index contributed by atoms with van der Waals surface area (Å²) in [6.07, 6.45) is 6.59. The Hall–Kier alpha value is -0.120. The van der Waals surface area contributed by atoms with Crippen LogP contribution in [-0.4, -0.2) is 47.8 Å². The van der Waals surface area contributed by atoms with E-state index in [-0.39, 0.29) is 12.1 Å². The Morgan fingerprint density at radius 1 is 1.26 bits per heavy atom. The molecule has 0 spiro atoms. The average molecular weight is 268 g/mol. The number of aliphatic hydroxyl groups is 1. The number of aliphatic hydroxyl groups excluding tert-OH is 1. The zero-order valence-corrected chi connectivity index (χ0v) is 13.0. The Kier molecular flexibility index (Phi) is 5.27. The van der Waals surface area contributed by atoms with Crippen molar-refractivity contribution in [3.63, 3.8) is 0 Å². The fourth-order valence-electron chi connectivity index (χ4n) is 3.34. The molecule has 112 valence electrons. The highest BCUT2D eigenvalue weighted by Crippen LogP contribution is 2.41. The van der Waals surface area contributed by atoms with Gasteiger partial charge >= 0.3 is 0 Å². The fourth-order valence-corrected chi connectivity index (χ4v) is 3.34. The molecule has 0 aromatic carbocycles. The smallest absolute Gasteiger partial charge is 0.0628 e. The van der Waals surface area contributed by atoms with Gasteiger partial charge < -0.3 is 15.3 Å². The van der Waals surface area contributed by atoms with Crippen LogP contribution in [0, 0.1) is 11.8 Å². The molecule has 0 aromatic heterocycles. The van der Waals surface area contributed by atoms with Gasteiger partial charge in [0.15, 0.2) is 0 Å². The molecule has 0 heterocycles. The van der Waals surface area contributed by atoms with Gasteiger partial charge in [0.1, 0.15) is 0 Å². The summed E-state index contributed by atoms with van der Waals surface area (Å²) in [4.78, 5) is 2.60. The maximum absolute atomic E-state index is 10.0. The van der Waals surface area contributed by atoms with Crippen LogP contribution in [0.15, 0.2) is 0 Å². The normalized spacial score (nSPS) is 23.1. The van der Waals surface area contributed by atoms with Crippen LogP contribution in [-0.2, 0) is 0 Å². The second-order valence-electron chi connectivity index (χ2n) is 7.07. The van der Waals surface area contributed by atoms with Crippen LogP contribution in [0.25, 0.3) is 0 Å². The summed E-state index contributed by atoms with van der Waals surface area (Å²) < 4.78 is 0. The van der Waals surface area contributed by atoms with Crippen LogP contribution in [0.5, 0.6) is 0 Å². The summed E-state index contributed by atoms with van der Waals surface area (Å²) in [5.41, 5.74) is -0.0573. The number of hydrogen-bond donors (Lipinski definition) is 2. The van der Waals surface area contributed by atoms with Crippen LogP contribution >= 0.6 is 0 Å². The lowest BCUT2D eigenvalue weighted by atomic mass is 9.92. The molecule has 0 radical (unpaired) electrons. The lowest BCUT2D eigenvalue weighted by Gasteiger charge is -2.40. The van der Waals surface area contributed by atoms with Crippen LogP contribution < -0.4 is 5.32 Å². The van der Waals surface area contributed by atoms with Crippen LogP contribution in [0.4, 0.5) is 0 Å². The molecule has 19 heavy (non-hydrogen) atoms. The van der Waals surface area contributed by atoms with E-state index in [4.69, 9.17) is 0 Å². The van der Waals surface area contributed by atoms with E-state index in [2.05, 4.69) is 31.0 Å². The fraction of sp³-hybridized carbons (Fsp3) is 1.00. The third-order valence-electron chi connectivity index (χ3n) is 4.48. The van der Waals surface area contributed by atoms with Crippen molar-refractivity contribution >= 4 is 0 Å². The molecule has 0 saturated heterocycles. The first-order chi connectivity index (χ1) is 9.09. The van der Waals surface area contributed by atoms with Gasteiger partial charge in [-0.15, -0.1) is 0 Å². The van der Waals surface area contributed by atoms with Crippen molar-refractivity contribution in [1.82, 2.24) is 10.2 Å². The Balaban J connectivity index is 1.98. The second kappa shape index (κ2) is 6.55. The summed E-state index contributed by atoms with van der Waals surface area (Å²) in [6, 6.07) is 0.442. The van der Waals surface area contributed by atoms with Gasteiger partial charge in [0.2, 0.25) is 0 Å². The van der Waals surface area contributed by atoms with Crippen LogP contribution in [0.1, 0.15) is 52.9 Å². The van der Waals surface area contributed by atoms with Crippen molar-refractivity contribution in [3.8, 4) is 0 Å². The topological polar surface area (TPSA) is 35.5 Å². The molecule has 0 bridgehead atoms. The minimum Gasteiger partial charge on any atom is -0.394 e. The van der Waals surface area contributed by atoms with E-state index < -0.39 is 0 Å². The molecule has 2 rings (SSSR count). The van der Waals surface area contributed by atoms with E-state index in [1.807, 2.05) is 0 Å². The number of rotatable bonds is 10. The predicted molar refractivity (Wildman–Crippen MR) is 80.3 cm³/mol. The Morgan fingerprint density at radius 3 is 2.37 bits per heavy atom. The molecular formula is C16H32N2O. The first kappa shape index (κ1) is 15.3. The molecule has 1 atom stereocenters. The maximum atomic E-state index is 10.0. The molecule has 2 N–H and O–H groups in total. The van der Waals surface area contributed by atoms with E-state index in [1.54, 1.807) is 0 Å². The van der Waals surface area contributed by atoms with Gasteiger partial charge in [-0.2, -0.15) is 0 Å². The van der Waals surface area contributed by atoms with Crippen molar-refractivity contribution < 1.29 is 5.11 Å². The van der Waals surface area contributed by atoms with Crippen molar-refractivity contribution in [3.05, 3.63) is 0 Å². The Bertz CT molecular complexity index is 274.